The van der Waals surface area contributed by atoms with E-state index in [9.17, 15) is 20.4 Å². The molecule has 8 nitrogen and oxygen atoms in total. The molecular weight excluding hydrogens is 358 g/mol. The van der Waals surface area contributed by atoms with Crippen LogP contribution in [0.5, 0.6) is 0 Å². The molecule has 9 heteroatoms. The molecule has 2 heterocycles. The van der Waals surface area contributed by atoms with Gasteiger partial charge in [0.2, 0.25) is 0 Å². The third kappa shape index (κ3) is 3.64. The molecular formula is C17H23N3O5S. The Hall–Kier alpha value is -1.49. The van der Waals surface area contributed by atoms with E-state index >= 15 is 0 Å². The molecule has 1 saturated heterocycles. The van der Waals surface area contributed by atoms with Crippen LogP contribution in [0, 0.1) is 0 Å². The molecule has 2 aromatic rings. The van der Waals surface area contributed by atoms with E-state index < -0.39 is 42.0 Å². The standard InChI is InChI=1S/C17H23N3O5S/c1-9(21)12(16-14(23)13(22)15(24)17(25-16)26-2)20-8-11(18-19-20)10-6-4-3-5-7-10/h3-9,12-17,21-24H,1-2H3/t9-,12-,13+,14-,15-,16-,17-/m1/s1. The summed E-state index contributed by atoms with van der Waals surface area (Å²) in [6.45, 7) is 1.55. The monoisotopic (exact) mass is 381 g/mol. The molecule has 4 N–H and O–H groups in total. The average Bonchev–Trinajstić information content (AvgIpc) is 3.12. The van der Waals surface area contributed by atoms with Crippen molar-refractivity contribution in [2.75, 3.05) is 6.26 Å². The maximum atomic E-state index is 10.4. The Morgan fingerprint density at radius 2 is 1.81 bits per heavy atom. The summed E-state index contributed by atoms with van der Waals surface area (Å²) >= 11 is 1.22. The fourth-order valence-corrected chi connectivity index (χ4v) is 3.84. The van der Waals surface area contributed by atoms with Crippen molar-refractivity contribution in [3.63, 3.8) is 0 Å². The van der Waals surface area contributed by atoms with Crippen molar-refractivity contribution in [2.45, 2.75) is 48.9 Å². The molecule has 7 atom stereocenters. The highest BCUT2D eigenvalue weighted by molar-refractivity contribution is 7.99. The van der Waals surface area contributed by atoms with Crippen LogP contribution in [0.25, 0.3) is 11.3 Å². The highest BCUT2D eigenvalue weighted by atomic mass is 32.2. The first kappa shape index (κ1) is 19.3. The third-order valence-corrected chi connectivity index (χ3v) is 5.41. The van der Waals surface area contributed by atoms with E-state index in [1.54, 1.807) is 19.4 Å². The Balaban J connectivity index is 1.91. The number of nitrogens with zero attached hydrogens (tertiary/aromatic N) is 3. The molecule has 0 saturated carbocycles. The predicted octanol–water partition coefficient (Wildman–Crippen LogP) is 0.0376. The summed E-state index contributed by atoms with van der Waals surface area (Å²) in [5, 5.41) is 49.1. The Morgan fingerprint density at radius 3 is 2.42 bits per heavy atom. The largest absolute Gasteiger partial charge is 0.391 e. The van der Waals surface area contributed by atoms with Gasteiger partial charge in [0.15, 0.2) is 0 Å². The average molecular weight is 381 g/mol. The molecule has 1 aromatic carbocycles. The minimum absolute atomic E-state index is 0.614. The number of benzene rings is 1. The topological polar surface area (TPSA) is 121 Å². The SMILES string of the molecule is CS[C@H]1O[C@H]([C@@H]([C@@H](C)O)n2cc(-c3ccccc3)nn2)[C@H](O)[C@H](O)[C@H]1O. The van der Waals surface area contributed by atoms with E-state index in [4.69, 9.17) is 4.74 Å². The summed E-state index contributed by atoms with van der Waals surface area (Å²) in [6, 6.07) is 8.66. The van der Waals surface area contributed by atoms with Crippen LogP contribution in [-0.2, 0) is 4.74 Å². The first-order valence-corrected chi connectivity index (χ1v) is 9.60. The summed E-state index contributed by atoms with van der Waals surface area (Å²) in [6.07, 6.45) is -2.49. The van der Waals surface area contributed by atoms with E-state index in [0.717, 1.165) is 5.56 Å². The van der Waals surface area contributed by atoms with Crippen molar-refractivity contribution in [3.8, 4) is 11.3 Å². The molecule has 1 aliphatic heterocycles. The van der Waals surface area contributed by atoms with Crippen molar-refractivity contribution < 1.29 is 25.2 Å². The highest BCUT2D eigenvalue weighted by Crippen LogP contribution is 2.34. The van der Waals surface area contributed by atoms with Gasteiger partial charge < -0.3 is 25.2 Å². The van der Waals surface area contributed by atoms with Gasteiger partial charge in [-0.05, 0) is 13.2 Å². The van der Waals surface area contributed by atoms with Gasteiger partial charge in [0.05, 0.1) is 12.3 Å². The van der Waals surface area contributed by atoms with Crippen LogP contribution in [-0.4, -0.2) is 77.6 Å². The maximum absolute atomic E-state index is 10.4. The molecule has 26 heavy (non-hydrogen) atoms. The minimum Gasteiger partial charge on any atom is -0.391 e. The second-order valence-electron chi connectivity index (χ2n) is 6.36. The quantitative estimate of drug-likeness (QED) is 0.573. The van der Waals surface area contributed by atoms with E-state index in [0.29, 0.717) is 5.69 Å². The van der Waals surface area contributed by atoms with E-state index in [1.165, 1.54) is 16.4 Å². The second kappa shape index (κ2) is 8.03. The second-order valence-corrected chi connectivity index (χ2v) is 7.29. The lowest BCUT2D eigenvalue weighted by Gasteiger charge is -2.43. The molecule has 3 rings (SSSR count). The Labute approximate surface area is 155 Å². The lowest BCUT2D eigenvalue weighted by atomic mass is 9.92. The van der Waals surface area contributed by atoms with Gasteiger partial charge in [-0.2, -0.15) is 0 Å². The van der Waals surface area contributed by atoms with E-state index in [2.05, 4.69) is 10.3 Å². The van der Waals surface area contributed by atoms with Gasteiger partial charge in [0.25, 0.3) is 0 Å². The first-order chi connectivity index (χ1) is 12.4. The Morgan fingerprint density at radius 1 is 1.12 bits per heavy atom. The van der Waals surface area contributed by atoms with Crippen LogP contribution in [0.3, 0.4) is 0 Å². The molecule has 0 unspecified atom stereocenters. The molecule has 0 amide bonds. The summed E-state index contributed by atoms with van der Waals surface area (Å²) in [4.78, 5) is 0. The molecule has 1 aliphatic rings. The van der Waals surface area contributed by atoms with E-state index in [-0.39, 0.29) is 0 Å². The molecule has 0 aliphatic carbocycles. The summed E-state index contributed by atoms with van der Waals surface area (Å²) in [5.41, 5.74) is 0.756. The number of ether oxygens (including phenoxy) is 1. The summed E-state index contributed by atoms with van der Waals surface area (Å²) < 4.78 is 7.21. The number of aliphatic hydroxyl groups excluding tert-OH is 4. The number of aromatic nitrogens is 3. The van der Waals surface area contributed by atoms with Crippen LogP contribution >= 0.6 is 11.8 Å². The van der Waals surface area contributed by atoms with Gasteiger partial charge in [0, 0.05) is 5.56 Å². The highest BCUT2D eigenvalue weighted by Gasteiger charge is 2.48. The van der Waals surface area contributed by atoms with Crippen molar-refractivity contribution in [1.29, 1.82) is 0 Å². The zero-order valence-corrected chi connectivity index (χ0v) is 15.3. The smallest absolute Gasteiger partial charge is 0.132 e. The van der Waals surface area contributed by atoms with Crippen molar-refractivity contribution >= 4 is 11.8 Å². The predicted molar refractivity (Wildman–Crippen MR) is 96.4 cm³/mol. The normalized spacial score (nSPS) is 31.5. The number of aliphatic hydroxyl groups is 4. The van der Waals surface area contributed by atoms with Crippen LogP contribution < -0.4 is 0 Å². The zero-order valence-electron chi connectivity index (χ0n) is 14.5. The number of hydrogen-bond acceptors (Lipinski definition) is 8. The number of hydrogen-bond donors (Lipinski definition) is 4. The Bertz CT molecular complexity index is 711. The lowest BCUT2D eigenvalue weighted by Crippen LogP contribution is -2.59. The van der Waals surface area contributed by atoms with Crippen molar-refractivity contribution in [2.24, 2.45) is 0 Å². The molecule has 1 aromatic heterocycles. The van der Waals surface area contributed by atoms with Gasteiger partial charge in [-0.3, -0.25) is 0 Å². The molecule has 142 valence electrons. The van der Waals surface area contributed by atoms with E-state index in [1.807, 2.05) is 30.3 Å². The van der Waals surface area contributed by atoms with Gasteiger partial charge in [-0.15, -0.1) is 16.9 Å². The van der Waals surface area contributed by atoms with Crippen LogP contribution in [0.15, 0.2) is 36.5 Å². The number of thioether (sulfide) groups is 1. The molecule has 0 radical (unpaired) electrons. The van der Waals surface area contributed by atoms with Gasteiger partial charge in [0.1, 0.15) is 41.6 Å². The first-order valence-electron chi connectivity index (χ1n) is 8.31. The number of rotatable bonds is 5. The fourth-order valence-electron chi connectivity index (χ4n) is 3.16. The van der Waals surface area contributed by atoms with Crippen molar-refractivity contribution in [3.05, 3.63) is 36.5 Å². The molecule has 1 fully saturated rings. The summed E-state index contributed by atoms with van der Waals surface area (Å²) in [5.74, 6) is 0. The van der Waals surface area contributed by atoms with Crippen molar-refractivity contribution in [1.82, 2.24) is 15.0 Å². The van der Waals surface area contributed by atoms with Crippen LogP contribution in [0.2, 0.25) is 0 Å². The molecule has 0 spiro atoms. The lowest BCUT2D eigenvalue weighted by molar-refractivity contribution is -0.216. The van der Waals surface area contributed by atoms with Gasteiger partial charge >= 0.3 is 0 Å². The van der Waals surface area contributed by atoms with Crippen LogP contribution in [0.1, 0.15) is 13.0 Å². The Kier molecular flexibility index (Phi) is 5.96. The summed E-state index contributed by atoms with van der Waals surface area (Å²) in [7, 11) is 0. The fraction of sp³-hybridized carbons (Fsp3) is 0.529. The minimum atomic E-state index is -1.38. The molecule has 0 bridgehead atoms. The zero-order chi connectivity index (χ0) is 18.8. The van der Waals surface area contributed by atoms with Gasteiger partial charge in [-0.25, -0.2) is 4.68 Å². The van der Waals surface area contributed by atoms with Gasteiger partial charge in [-0.1, -0.05) is 35.5 Å². The maximum Gasteiger partial charge on any atom is 0.132 e. The van der Waals surface area contributed by atoms with Crippen LogP contribution in [0.4, 0.5) is 0 Å². The third-order valence-electron chi connectivity index (χ3n) is 4.56.